The summed E-state index contributed by atoms with van der Waals surface area (Å²) >= 11 is 0. The van der Waals surface area contributed by atoms with Gasteiger partial charge in [-0.2, -0.15) is 0 Å². The van der Waals surface area contributed by atoms with E-state index in [2.05, 4.69) is 20.9 Å². The van der Waals surface area contributed by atoms with Gasteiger partial charge >= 0.3 is 0 Å². The monoisotopic (exact) mass is 542 g/mol. The van der Waals surface area contributed by atoms with E-state index < -0.39 is 0 Å². The smallest absolute Gasteiger partial charge is 0.242 e. The summed E-state index contributed by atoms with van der Waals surface area (Å²) in [5, 5.41) is 9.16. The Hall–Kier alpha value is -2.69. The van der Waals surface area contributed by atoms with Crippen molar-refractivity contribution in [2.24, 2.45) is 4.99 Å². The number of benzene rings is 2. The van der Waals surface area contributed by atoms with Crippen LogP contribution in [0.3, 0.4) is 0 Å². The fraction of sp³-hybridized carbons (Fsp3) is 0.364. The molecule has 0 saturated carbocycles. The van der Waals surface area contributed by atoms with E-state index in [4.69, 9.17) is 14.2 Å². The van der Waals surface area contributed by atoms with Crippen LogP contribution in [0.15, 0.2) is 47.5 Å². The Kier molecular flexibility index (Phi) is 12.2. The largest absolute Gasteiger partial charge is 0.497 e. The van der Waals surface area contributed by atoms with Gasteiger partial charge in [-0.05, 0) is 43.7 Å². The lowest BCUT2D eigenvalue weighted by Gasteiger charge is -2.14. The third-order valence-electron chi connectivity index (χ3n) is 4.10. The molecule has 0 aromatic heterocycles. The molecule has 0 aliphatic carbocycles. The molecular formula is C22H31IN4O4. The number of carbonyl (C=O) groups is 1. The average molecular weight is 542 g/mol. The van der Waals surface area contributed by atoms with Crippen molar-refractivity contribution in [3.8, 4) is 17.2 Å². The lowest BCUT2D eigenvalue weighted by molar-refractivity contribution is -0.119. The Morgan fingerprint density at radius 3 is 2.32 bits per heavy atom. The summed E-state index contributed by atoms with van der Waals surface area (Å²) in [6.45, 7) is 5.52. The van der Waals surface area contributed by atoms with Crippen LogP contribution in [0.5, 0.6) is 17.2 Å². The van der Waals surface area contributed by atoms with Crippen LogP contribution < -0.4 is 30.2 Å². The quantitative estimate of drug-likeness (QED) is 0.242. The molecule has 0 radical (unpaired) electrons. The number of rotatable bonds is 10. The summed E-state index contributed by atoms with van der Waals surface area (Å²) in [4.78, 5) is 16.5. The molecule has 8 nitrogen and oxygen atoms in total. The molecule has 2 rings (SSSR count). The molecule has 0 spiro atoms. The minimum Gasteiger partial charge on any atom is -0.497 e. The molecule has 0 saturated heterocycles. The molecule has 0 aliphatic heterocycles. The number of carbonyl (C=O) groups excluding carboxylic acids is 1. The lowest BCUT2D eigenvalue weighted by atomic mass is 10.2. The number of hydrogen-bond acceptors (Lipinski definition) is 5. The van der Waals surface area contributed by atoms with Crippen molar-refractivity contribution in [3.63, 3.8) is 0 Å². The SMILES string of the molecule is CCNC(=NCC(=O)NCc1ccc(OC)cc1)Nc1ccc(OCC)c(OC)c1.I. The fourth-order valence-electron chi connectivity index (χ4n) is 2.61. The summed E-state index contributed by atoms with van der Waals surface area (Å²) in [7, 11) is 3.21. The number of nitrogens with one attached hydrogen (secondary N) is 3. The van der Waals surface area contributed by atoms with Gasteiger partial charge in [0.05, 0.1) is 20.8 Å². The van der Waals surface area contributed by atoms with Crippen LogP contribution in [0, 0.1) is 0 Å². The van der Waals surface area contributed by atoms with Crippen molar-refractivity contribution in [3.05, 3.63) is 48.0 Å². The molecule has 0 aliphatic rings. The topological polar surface area (TPSA) is 93.2 Å². The van der Waals surface area contributed by atoms with Crippen molar-refractivity contribution >= 4 is 41.5 Å². The van der Waals surface area contributed by atoms with Crippen LogP contribution in [-0.4, -0.2) is 45.8 Å². The van der Waals surface area contributed by atoms with Crippen LogP contribution in [0.25, 0.3) is 0 Å². The summed E-state index contributed by atoms with van der Waals surface area (Å²) in [6, 6.07) is 13.1. The van der Waals surface area contributed by atoms with Crippen LogP contribution in [0.1, 0.15) is 19.4 Å². The average Bonchev–Trinajstić information content (AvgIpc) is 2.77. The highest BCUT2D eigenvalue weighted by molar-refractivity contribution is 14.0. The minimum absolute atomic E-state index is 0. The van der Waals surface area contributed by atoms with Crippen molar-refractivity contribution in [1.29, 1.82) is 0 Å². The summed E-state index contributed by atoms with van der Waals surface area (Å²) < 4.78 is 16.0. The molecule has 170 valence electrons. The van der Waals surface area contributed by atoms with E-state index in [1.54, 1.807) is 14.2 Å². The second kappa shape index (κ2) is 14.3. The van der Waals surface area contributed by atoms with Crippen LogP contribution in [-0.2, 0) is 11.3 Å². The molecule has 0 unspecified atom stereocenters. The highest BCUT2D eigenvalue weighted by Gasteiger charge is 2.08. The number of amides is 1. The zero-order valence-electron chi connectivity index (χ0n) is 18.4. The molecule has 2 aromatic rings. The first kappa shape index (κ1) is 26.3. The van der Waals surface area contributed by atoms with Gasteiger partial charge in [0, 0.05) is 24.8 Å². The van der Waals surface area contributed by atoms with Gasteiger partial charge in [0.25, 0.3) is 0 Å². The van der Waals surface area contributed by atoms with Crippen LogP contribution >= 0.6 is 24.0 Å². The molecule has 9 heteroatoms. The third kappa shape index (κ3) is 8.91. The van der Waals surface area contributed by atoms with Crippen molar-refractivity contribution in [2.45, 2.75) is 20.4 Å². The van der Waals surface area contributed by atoms with E-state index in [9.17, 15) is 4.79 Å². The second-order valence-electron chi connectivity index (χ2n) is 6.24. The predicted molar refractivity (Wildman–Crippen MR) is 134 cm³/mol. The number of halogens is 1. The van der Waals surface area contributed by atoms with Crippen LogP contribution in [0.2, 0.25) is 0 Å². The first-order valence-corrected chi connectivity index (χ1v) is 9.85. The Morgan fingerprint density at radius 1 is 0.968 bits per heavy atom. The third-order valence-corrected chi connectivity index (χ3v) is 4.10. The number of methoxy groups -OCH3 is 2. The van der Waals surface area contributed by atoms with Gasteiger partial charge in [0.1, 0.15) is 12.3 Å². The number of aliphatic imine (C=N–C) groups is 1. The Balaban J connectivity index is 0.00000480. The number of hydrogen-bond donors (Lipinski definition) is 3. The number of ether oxygens (including phenoxy) is 3. The van der Waals surface area contributed by atoms with Gasteiger partial charge < -0.3 is 30.2 Å². The minimum atomic E-state index is -0.174. The van der Waals surface area contributed by atoms with Gasteiger partial charge in [0.2, 0.25) is 5.91 Å². The van der Waals surface area contributed by atoms with E-state index in [-0.39, 0.29) is 36.4 Å². The Bertz CT molecular complexity index is 844. The van der Waals surface area contributed by atoms with Crippen LogP contribution in [0.4, 0.5) is 5.69 Å². The zero-order chi connectivity index (χ0) is 21.8. The maximum atomic E-state index is 12.2. The van der Waals surface area contributed by atoms with Gasteiger partial charge in [0.15, 0.2) is 17.5 Å². The van der Waals surface area contributed by atoms with E-state index in [1.165, 1.54) is 0 Å². The van der Waals surface area contributed by atoms with E-state index in [0.717, 1.165) is 17.0 Å². The number of guanidine groups is 1. The highest BCUT2D eigenvalue weighted by Crippen LogP contribution is 2.30. The molecule has 3 N–H and O–H groups in total. The molecule has 0 atom stereocenters. The first-order chi connectivity index (χ1) is 14.6. The second-order valence-corrected chi connectivity index (χ2v) is 6.24. The van der Waals surface area contributed by atoms with Gasteiger partial charge in [-0.3, -0.25) is 4.79 Å². The Morgan fingerprint density at radius 2 is 1.71 bits per heavy atom. The fourth-order valence-corrected chi connectivity index (χ4v) is 2.61. The van der Waals surface area contributed by atoms with E-state index in [1.807, 2.05) is 56.3 Å². The molecule has 2 aromatic carbocycles. The molecule has 0 fully saturated rings. The zero-order valence-corrected chi connectivity index (χ0v) is 20.7. The predicted octanol–water partition coefficient (Wildman–Crippen LogP) is 3.41. The normalized spacial score (nSPS) is 10.5. The van der Waals surface area contributed by atoms with Gasteiger partial charge in [-0.25, -0.2) is 4.99 Å². The summed E-state index contributed by atoms with van der Waals surface area (Å²) in [5.74, 6) is 2.40. The van der Waals surface area contributed by atoms with E-state index >= 15 is 0 Å². The van der Waals surface area contributed by atoms with Gasteiger partial charge in [-0.1, -0.05) is 12.1 Å². The highest BCUT2D eigenvalue weighted by atomic mass is 127. The standard InChI is InChI=1S/C22H30N4O4.HI/c1-5-23-22(26-17-9-12-19(30-6-2)20(13-17)29-4)25-15-21(27)24-14-16-7-10-18(28-3)11-8-16;/h7-13H,5-6,14-15H2,1-4H3,(H,24,27)(H2,23,25,26);1H. The first-order valence-electron chi connectivity index (χ1n) is 9.85. The maximum Gasteiger partial charge on any atom is 0.242 e. The van der Waals surface area contributed by atoms with Crippen molar-refractivity contribution in [2.75, 3.05) is 39.2 Å². The van der Waals surface area contributed by atoms with Crippen molar-refractivity contribution in [1.82, 2.24) is 10.6 Å². The van der Waals surface area contributed by atoms with E-state index in [0.29, 0.717) is 37.2 Å². The number of anilines is 1. The Labute approximate surface area is 200 Å². The molecule has 1 amide bonds. The van der Waals surface area contributed by atoms with Gasteiger partial charge in [-0.15, -0.1) is 24.0 Å². The molecule has 31 heavy (non-hydrogen) atoms. The maximum absolute atomic E-state index is 12.2. The lowest BCUT2D eigenvalue weighted by Crippen LogP contribution is -2.33. The molecular weight excluding hydrogens is 511 g/mol. The molecule has 0 bridgehead atoms. The number of nitrogens with zero attached hydrogens (tertiary/aromatic N) is 1. The summed E-state index contributed by atoms with van der Waals surface area (Å²) in [6.07, 6.45) is 0. The summed E-state index contributed by atoms with van der Waals surface area (Å²) in [5.41, 5.74) is 1.76. The molecule has 0 heterocycles. The van der Waals surface area contributed by atoms with Crippen molar-refractivity contribution < 1.29 is 19.0 Å².